The molecule has 0 N–H and O–H groups in total. The van der Waals surface area contributed by atoms with Gasteiger partial charge in [-0.25, -0.2) is 0 Å². The smallest absolute Gasteiger partial charge is 0.306 e. The minimum absolute atomic E-state index is 0.0640. The standard InChI is InChI=1S/C59H102O5/c1-4-7-10-13-16-19-22-25-28-29-30-33-36-39-42-45-48-51-54-62-55-57(64-59(61)53-50-47-44-41-38-35-32-27-24-21-18-15-12-9-6-3)56-63-58(60)52-49-46-43-40-37-34-31-26-23-20-17-14-11-8-5-2/h7,10,16-17,19-20,25-28,30-33,57H,4-6,8-9,11-15,18,21-24,29,34-56H2,1-3H3/b10-7-,19-16-,20-17-,28-25-,31-26-,32-27-,33-30-. The number of carbonyl (C=O) groups excluding carboxylic acids is 2. The van der Waals surface area contributed by atoms with Crippen LogP contribution >= 0.6 is 0 Å². The Morgan fingerprint density at radius 2 is 0.703 bits per heavy atom. The van der Waals surface area contributed by atoms with E-state index in [1.807, 2.05) is 0 Å². The van der Waals surface area contributed by atoms with Gasteiger partial charge in [0.25, 0.3) is 0 Å². The first-order valence-corrected chi connectivity index (χ1v) is 27.1. The molecule has 0 aromatic rings. The summed E-state index contributed by atoms with van der Waals surface area (Å²) < 4.78 is 17.4. The summed E-state index contributed by atoms with van der Waals surface area (Å²) in [5, 5.41) is 0. The molecule has 0 bridgehead atoms. The summed E-state index contributed by atoms with van der Waals surface area (Å²) in [6.07, 6.45) is 71.6. The number of allylic oxidation sites excluding steroid dienone is 14. The highest BCUT2D eigenvalue weighted by molar-refractivity contribution is 5.70. The maximum Gasteiger partial charge on any atom is 0.306 e. The lowest BCUT2D eigenvalue weighted by Gasteiger charge is -2.18. The fourth-order valence-electron chi connectivity index (χ4n) is 7.35. The minimum atomic E-state index is -0.560. The van der Waals surface area contributed by atoms with E-state index in [0.29, 0.717) is 19.4 Å². The van der Waals surface area contributed by atoms with Crippen LogP contribution in [0.25, 0.3) is 0 Å². The van der Waals surface area contributed by atoms with E-state index in [1.54, 1.807) is 0 Å². The highest BCUT2D eigenvalue weighted by atomic mass is 16.6. The Hall–Kier alpha value is -2.92. The van der Waals surface area contributed by atoms with Gasteiger partial charge in [-0.2, -0.15) is 0 Å². The summed E-state index contributed by atoms with van der Waals surface area (Å²) >= 11 is 0. The Morgan fingerprint density at radius 1 is 0.359 bits per heavy atom. The molecule has 0 aromatic carbocycles. The van der Waals surface area contributed by atoms with Crippen LogP contribution in [-0.2, 0) is 23.8 Å². The van der Waals surface area contributed by atoms with Gasteiger partial charge in [0.05, 0.1) is 6.61 Å². The Morgan fingerprint density at radius 3 is 1.17 bits per heavy atom. The largest absolute Gasteiger partial charge is 0.462 e. The molecule has 0 fully saturated rings. The third kappa shape index (κ3) is 51.7. The Bertz CT molecular complexity index is 1190. The van der Waals surface area contributed by atoms with Crippen molar-refractivity contribution in [3.8, 4) is 0 Å². The van der Waals surface area contributed by atoms with Crippen molar-refractivity contribution in [1.29, 1.82) is 0 Å². The molecular formula is C59H102O5. The fraction of sp³-hybridized carbons (Fsp3) is 0.729. The molecule has 5 heteroatoms. The summed E-state index contributed by atoms with van der Waals surface area (Å²) in [6, 6.07) is 0. The number of hydrogen-bond acceptors (Lipinski definition) is 5. The number of unbranched alkanes of at least 4 members (excludes halogenated alkanes) is 24. The van der Waals surface area contributed by atoms with Crippen LogP contribution in [0.3, 0.4) is 0 Å². The third-order valence-corrected chi connectivity index (χ3v) is 11.4. The van der Waals surface area contributed by atoms with Crippen LogP contribution in [0, 0.1) is 0 Å². The van der Waals surface area contributed by atoms with Crippen LogP contribution in [-0.4, -0.2) is 37.9 Å². The SMILES string of the molecule is CC/C=C\C/C=C\C/C=C\C/C=C\CCCCCCCOCC(COC(=O)CCCCCCC/C=C\C/C=C\CCCCC)OC(=O)CCCCCCC/C=C\CCCCCCCC. The number of esters is 2. The minimum Gasteiger partial charge on any atom is -0.462 e. The predicted octanol–water partition coefficient (Wildman–Crippen LogP) is 18.5. The Labute approximate surface area is 397 Å². The molecule has 0 heterocycles. The monoisotopic (exact) mass is 891 g/mol. The van der Waals surface area contributed by atoms with E-state index in [4.69, 9.17) is 14.2 Å². The number of rotatable bonds is 49. The van der Waals surface area contributed by atoms with Crippen LogP contribution in [0.15, 0.2) is 85.1 Å². The van der Waals surface area contributed by atoms with Gasteiger partial charge < -0.3 is 14.2 Å². The highest BCUT2D eigenvalue weighted by Gasteiger charge is 2.17. The second-order valence-electron chi connectivity index (χ2n) is 17.7. The van der Waals surface area contributed by atoms with Crippen molar-refractivity contribution in [1.82, 2.24) is 0 Å². The van der Waals surface area contributed by atoms with E-state index >= 15 is 0 Å². The second-order valence-corrected chi connectivity index (χ2v) is 17.7. The molecule has 0 aromatic heterocycles. The average Bonchev–Trinajstić information content (AvgIpc) is 3.30. The summed E-state index contributed by atoms with van der Waals surface area (Å²) in [6.45, 7) is 7.63. The average molecular weight is 891 g/mol. The fourth-order valence-corrected chi connectivity index (χ4v) is 7.35. The normalized spacial score (nSPS) is 12.9. The topological polar surface area (TPSA) is 61.8 Å². The molecule has 0 rings (SSSR count). The van der Waals surface area contributed by atoms with Gasteiger partial charge in [-0.3, -0.25) is 9.59 Å². The summed E-state index contributed by atoms with van der Waals surface area (Å²) in [7, 11) is 0. The van der Waals surface area contributed by atoms with Crippen LogP contribution in [0.1, 0.15) is 252 Å². The maximum atomic E-state index is 12.8. The maximum absolute atomic E-state index is 12.8. The zero-order chi connectivity index (χ0) is 46.3. The van der Waals surface area contributed by atoms with Gasteiger partial charge >= 0.3 is 11.9 Å². The van der Waals surface area contributed by atoms with Crippen LogP contribution in [0.4, 0.5) is 0 Å². The van der Waals surface area contributed by atoms with E-state index in [9.17, 15) is 9.59 Å². The molecule has 0 saturated carbocycles. The summed E-state index contributed by atoms with van der Waals surface area (Å²) in [4.78, 5) is 25.4. The molecule has 368 valence electrons. The zero-order valence-electron chi connectivity index (χ0n) is 42.3. The van der Waals surface area contributed by atoms with E-state index in [0.717, 1.165) is 103 Å². The van der Waals surface area contributed by atoms with Gasteiger partial charge in [-0.1, -0.05) is 209 Å². The van der Waals surface area contributed by atoms with Crippen molar-refractivity contribution < 1.29 is 23.8 Å². The zero-order valence-corrected chi connectivity index (χ0v) is 42.3. The summed E-state index contributed by atoms with van der Waals surface area (Å²) in [5.41, 5.74) is 0. The van der Waals surface area contributed by atoms with E-state index in [1.165, 1.54) is 116 Å². The van der Waals surface area contributed by atoms with Crippen molar-refractivity contribution in [3.63, 3.8) is 0 Å². The van der Waals surface area contributed by atoms with Gasteiger partial charge in [0.1, 0.15) is 6.61 Å². The molecule has 0 radical (unpaired) electrons. The predicted molar refractivity (Wildman–Crippen MR) is 279 cm³/mol. The van der Waals surface area contributed by atoms with Crippen LogP contribution in [0.2, 0.25) is 0 Å². The van der Waals surface area contributed by atoms with Gasteiger partial charge in [0, 0.05) is 19.4 Å². The van der Waals surface area contributed by atoms with E-state index in [2.05, 4.69) is 106 Å². The van der Waals surface area contributed by atoms with Gasteiger partial charge in [0.15, 0.2) is 6.10 Å². The van der Waals surface area contributed by atoms with Crippen molar-refractivity contribution in [2.75, 3.05) is 19.8 Å². The quantitative estimate of drug-likeness (QED) is 0.0346. The third-order valence-electron chi connectivity index (χ3n) is 11.4. The van der Waals surface area contributed by atoms with Crippen molar-refractivity contribution in [3.05, 3.63) is 85.1 Å². The highest BCUT2D eigenvalue weighted by Crippen LogP contribution is 2.13. The molecule has 0 aliphatic rings. The molecule has 0 aliphatic carbocycles. The molecule has 5 nitrogen and oxygen atoms in total. The summed E-state index contributed by atoms with van der Waals surface area (Å²) in [5.74, 6) is -0.432. The molecule has 0 amide bonds. The van der Waals surface area contributed by atoms with Crippen molar-refractivity contribution in [2.24, 2.45) is 0 Å². The molecule has 64 heavy (non-hydrogen) atoms. The van der Waals surface area contributed by atoms with Gasteiger partial charge in [0.2, 0.25) is 0 Å². The van der Waals surface area contributed by atoms with Crippen LogP contribution < -0.4 is 0 Å². The van der Waals surface area contributed by atoms with E-state index in [-0.39, 0.29) is 25.2 Å². The van der Waals surface area contributed by atoms with Crippen LogP contribution in [0.5, 0.6) is 0 Å². The molecule has 0 aliphatic heterocycles. The van der Waals surface area contributed by atoms with E-state index < -0.39 is 6.10 Å². The molecule has 0 saturated heterocycles. The Kier molecular flexibility index (Phi) is 51.9. The first-order chi connectivity index (χ1) is 31.6. The van der Waals surface area contributed by atoms with Gasteiger partial charge in [-0.05, 0) is 116 Å². The second kappa shape index (κ2) is 54.4. The molecule has 1 unspecified atom stereocenters. The van der Waals surface area contributed by atoms with Crippen molar-refractivity contribution >= 4 is 11.9 Å². The number of hydrogen-bond donors (Lipinski definition) is 0. The number of ether oxygens (including phenoxy) is 3. The first kappa shape index (κ1) is 61.1. The Balaban J connectivity index is 4.35. The lowest BCUT2D eigenvalue weighted by Crippen LogP contribution is -2.30. The lowest BCUT2D eigenvalue weighted by molar-refractivity contribution is -0.163. The molecule has 0 spiro atoms. The molecule has 1 atom stereocenters. The molecular weight excluding hydrogens is 789 g/mol. The first-order valence-electron chi connectivity index (χ1n) is 27.1. The van der Waals surface area contributed by atoms with Gasteiger partial charge in [-0.15, -0.1) is 0 Å². The lowest BCUT2D eigenvalue weighted by atomic mass is 10.1. The van der Waals surface area contributed by atoms with Crippen molar-refractivity contribution in [2.45, 2.75) is 258 Å². The number of carbonyl (C=O) groups is 2.